The minimum absolute atomic E-state index is 0.229. The molecule has 0 aliphatic rings. The average Bonchev–Trinajstić information content (AvgIpc) is 2.43. The molecular formula is C13H18N2O5. The third kappa shape index (κ3) is 4.43. The monoisotopic (exact) mass is 282 g/mol. The fourth-order valence-electron chi connectivity index (χ4n) is 1.59. The molecule has 1 rings (SSSR count). The van der Waals surface area contributed by atoms with Gasteiger partial charge in [0.25, 0.3) is 0 Å². The predicted octanol–water partition coefficient (Wildman–Crippen LogP) is 0.122. The molecule has 1 amide bonds. The molecule has 4 N–H and O–H groups in total. The fourth-order valence-corrected chi connectivity index (χ4v) is 1.59. The van der Waals surface area contributed by atoms with Gasteiger partial charge in [0.1, 0.15) is 0 Å². The van der Waals surface area contributed by atoms with E-state index in [0.717, 1.165) is 5.56 Å². The Bertz CT molecular complexity index is 490. The molecule has 0 bridgehead atoms. The number of benzene rings is 1. The van der Waals surface area contributed by atoms with Crippen LogP contribution < -0.4 is 20.5 Å². The lowest BCUT2D eigenvalue weighted by atomic mass is 10.1. The first-order valence-electron chi connectivity index (χ1n) is 5.94. The Hall–Kier alpha value is -2.28. The SMILES string of the molecule is COc1ccc(CNC(=O)C(N)CC(=O)O)cc1OC. The first-order valence-corrected chi connectivity index (χ1v) is 5.94. The van der Waals surface area contributed by atoms with Crippen molar-refractivity contribution < 1.29 is 24.2 Å². The minimum atomic E-state index is -1.11. The van der Waals surface area contributed by atoms with Crippen LogP contribution in [0.1, 0.15) is 12.0 Å². The van der Waals surface area contributed by atoms with Gasteiger partial charge in [0.2, 0.25) is 5.91 Å². The van der Waals surface area contributed by atoms with Gasteiger partial charge in [0.15, 0.2) is 11.5 Å². The summed E-state index contributed by atoms with van der Waals surface area (Å²) < 4.78 is 10.2. The van der Waals surface area contributed by atoms with Gasteiger partial charge in [-0.3, -0.25) is 9.59 Å². The molecule has 7 heteroatoms. The molecule has 0 spiro atoms. The third-order valence-corrected chi connectivity index (χ3v) is 2.65. The van der Waals surface area contributed by atoms with E-state index in [1.165, 1.54) is 14.2 Å². The van der Waals surface area contributed by atoms with Crippen molar-refractivity contribution in [3.05, 3.63) is 23.8 Å². The number of rotatable bonds is 7. The molecule has 0 saturated heterocycles. The number of carboxylic acid groups (broad SMARTS) is 1. The lowest BCUT2D eigenvalue weighted by Crippen LogP contribution is -2.41. The molecule has 0 aliphatic heterocycles. The molecule has 1 aromatic rings. The van der Waals surface area contributed by atoms with Gasteiger partial charge >= 0.3 is 5.97 Å². The zero-order chi connectivity index (χ0) is 15.1. The van der Waals surface area contributed by atoms with Crippen LogP contribution in [0.4, 0.5) is 0 Å². The van der Waals surface area contributed by atoms with E-state index >= 15 is 0 Å². The van der Waals surface area contributed by atoms with E-state index in [-0.39, 0.29) is 6.54 Å². The van der Waals surface area contributed by atoms with Gasteiger partial charge in [0.05, 0.1) is 26.7 Å². The first kappa shape index (κ1) is 15.8. The highest BCUT2D eigenvalue weighted by Gasteiger charge is 2.16. The molecule has 0 aromatic heterocycles. The molecule has 0 heterocycles. The van der Waals surface area contributed by atoms with E-state index in [2.05, 4.69) is 5.32 Å². The van der Waals surface area contributed by atoms with Crippen molar-refractivity contribution >= 4 is 11.9 Å². The van der Waals surface area contributed by atoms with E-state index in [0.29, 0.717) is 11.5 Å². The summed E-state index contributed by atoms with van der Waals surface area (Å²) in [7, 11) is 3.05. The Morgan fingerprint density at radius 3 is 2.50 bits per heavy atom. The number of nitrogens with one attached hydrogen (secondary N) is 1. The largest absolute Gasteiger partial charge is 0.493 e. The molecule has 7 nitrogen and oxygen atoms in total. The number of hydrogen-bond acceptors (Lipinski definition) is 5. The Balaban J connectivity index is 2.61. The van der Waals surface area contributed by atoms with Crippen LogP contribution in [0.2, 0.25) is 0 Å². The summed E-state index contributed by atoms with van der Waals surface area (Å²) >= 11 is 0. The second kappa shape index (κ2) is 7.34. The number of aliphatic carboxylic acids is 1. The standard InChI is InChI=1S/C13H18N2O5/c1-19-10-4-3-8(5-11(10)20-2)7-15-13(18)9(14)6-12(16)17/h3-5,9H,6-7,14H2,1-2H3,(H,15,18)(H,16,17). The Morgan fingerprint density at radius 2 is 1.95 bits per heavy atom. The highest BCUT2D eigenvalue weighted by atomic mass is 16.5. The summed E-state index contributed by atoms with van der Waals surface area (Å²) in [6.07, 6.45) is -0.405. The maximum absolute atomic E-state index is 11.6. The average molecular weight is 282 g/mol. The molecular weight excluding hydrogens is 264 g/mol. The van der Waals surface area contributed by atoms with Gasteiger partial charge in [-0.05, 0) is 17.7 Å². The van der Waals surface area contributed by atoms with Gasteiger partial charge in [-0.25, -0.2) is 0 Å². The maximum Gasteiger partial charge on any atom is 0.305 e. The number of ether oxygens (including phenoxy) is 2. The van der Waals surface area contributed by atoms with Gasteiger partial charge in [-0.15, -0.1) is 0 Å². The zero-order valence-electron chi connectivity index (χ0n) is 11.4. The number of hydrogen-bond donors (Lipinski definition) is 3. The van der Waals surface area contributed by atoms with Gasteiger partial charge in [0, 0.05) is 6.54 Å². The lowest BCUT2D eigenvalue weighted by Gasteiger charge is -2.12. The maximum atomic E-state index is 11.6. The molecule has 0 radical (unpaired) electrons. The van der Waals surface area contributed by atoms with Crippen LogP contribution >= 0.6 is 0 Å². The van der Waals surface area contributed by atoms with Gasteiger partial charge < -0.3 is 25.6 Å². The van der Waals surface area contributed by atoms with Crippen molar-refractivity contribution in [1.82, 2.24) is 5.32 Å². The molecule has 1 unspecified atom stereocenters. The summed E-state index contributed by atoms with van der Waals surface area (Å²) in [6, 6.07) is 4.15. The Kier molecular flexibility index (Phi) is 5.79. The fraction of sp³-hybridized carbons (Fsp3) is 0.385. The predicted molar refractivity (Wildman–Crippen MR) is 71.6 cm³/mol. The van der Waals surface area contributed by atoms with Crippen LogP contribution in [-0.2, 0) is 16.1 Å². The van der Waals surface area contributed by atoms with Crippen LogP contribution in [0, 0.1) is 0 Å². The van der Waals surface area contributed by atoms with Crippen LogP contribution in [-0.4, -0.2) is 37.2 Å². The topological polar surface area (TPSA) is 111 Å². The van der Waals surface area contributed by atoms with Crippen LogP contribution in [0.5, 0.6) is 11.5 Å². The summed E-state index contributed by atoms with van der Waals surface area (Å²) in [6.45, 7) is 0.229. The first-order chi connectivity index (χ1) is 9.47. The summed E-state index contributed by atoms with van der Waals surface area (Å²) in [5.74, 6) is -0.486. The second-order valence-corrected chi connectivity index (χ2v) is 4.11. The third-order valence-electron chi connectivity index (χ3n) is 2.65. The van der Waals surface area contributed by atoms with Crippen molar-refractivity contribution in [3.63, 3.8) is 0 Å². The van der Waals surface area contributed by atoms with Gasteiger partial charge in [-0.2, -0.15) is 0 Å². The number of amides is 1. The van der Waals surface area contributed by atoms with Crippen molar-refractivity contribution in [3.8, 4) is 11.5 Å². The highest BCUT2D eigenvalue weighted by molar-refractivity contribution is 5.85. The van der Waals surface area contributed by atoms with Crippen LogP contribution in [0.3, 0.4) is 0 Å². The second-order valence-electron chi connectivity index (χ2n) is 4.11. The molecule has 1 aromatic carbocycles. The highest BCUT2D eigenvalue weighted by Crippen LogP contribution is 2.27. The quantitative estimate of drug-likeness (QED) is 0.655. The number of carbonyl (C=O) groups is 2. The van der Waals surface area contributed by atoms with E-state index < -0.39 is 24.3 Å². The Labute approximate surface area is 116 Å². The smallest absolute Gasteiger partial charge is 0.305 e. The van der Waals surface area contributed by atoms with E-state index in [4.69, 9.17) is 20.3 Å². The number of carbonyl (C=O) groups excluding carboxylic acids is 1. The summed E-state index contributed by atoms with van der Waals surface area (Å²) in [5.41, 5.74) is 6.24. The summed E-state index contributed by atoms with van der Waals surface area (Å²) in [4.78, 5) is 22.0. The van der Waals surface area contributed by atoms with E-state index in [1.54, 1.807) is 18.2 Å². The molecule has 110 valence electrons. The molecule has 0 fully saturated rings. The number of methoxy groups -OCH3 is 2. The van der Waals surface area contributed by atoms with Crippen molar-refractivity contribution in [2.24, 2.45) is 5.73 Å². The normalized spacial score (nSPS) is 11.6. The van der Waals surface area contributed by atoms with Crippen LogP contribution in [0.15, 0.2) is 18.2 Å². The molecule has 0 aliphatic carbocycles. The number of nitrogens with two attached hydrogens (primary N) is 1. The van der Waals surface area contributed by atoms with E-state index in [1.807, 2.05) is 0 Å². The van der Waals surface area contributed by atoms with Crippen LogP contribution in [0.25, 0.3) is 0 Å². The number of carboxylic acids is 1. The van der Waals surface area contributed by atoms with Crippen molar-refractivity contribution in [1.29, 1.82) is 0 Å². The van der Waals surface area contributed by atoms with Crippen molar-refractivity contribution in [2.75, 3.05) is 14.2 Å². The zero-order valence-corrected chi connectivity index (χ0v) is 11.4. The molecule has 20 heavy (non-hydrogen) atoms. The van der Waals surface area contributed by atoms with E-state index in [9.17, 15) is 9.59 Å². The van der Waals surface area contributed by atoms with Crippen molar-refractivity contribution in [2.45, 2.75) is 19.0 Å². The molecule has 1 atom stereocenters. The lowest BCUT2D eigenvalue weighted by molar-refractivity contribution is -0.139. The summed E-state index contributed by atoms with van der Waals surface area (Å²) in [5, 5.41) is 11.1. The Morgan fingerprint density at radius 1 is 1.30 bits per heavy atom. The minimum Gasteiger partial charge on any atom is -0.493 e. The molecule has 0 saturated carbocycles. The van der Waals surface area contributed by atoms with Gasteiger partial charge in [-0.1, -0.05) is 6.07 Å².